The molecule has 0 heterocycles. The van der Waals surface area contributed by atoms with Crippen LogP contribution in [-0.4, -0.2) is 5.11 Å². The third kappa shape index (κ3) is 2.32. The lowest BCUT2D eigenvalue weighted by atomic mass is 9.99. The first-order valence-electron chi connectivity index (χ1n) is 4.97. The third-order valence-electron chi connectivity index (χ3n) is 2.51. The fourth-order valence-electron chi connectivity index (χ4n) is 1.65. The molecular formula is C13H9F2IO. The van der Waals surface area contributed by atoms with E-state index in [4.69, 9.17) is 0 Å². The predicted octanol–water partition coefficient (Wildman–Crippen LogP) is 3.73. The number of benzene rings is 2. The number of rotatable bonds is 2. The number of aliphatic hydroxyl groups is 1. The summed E-state index contributed by atoms with van der Waals surface area (Å²) in [5, 5.41) is 9.18. The average Bonchev–Trinajstić information content (AvgIpc) is 2.36. The van der Waals surface area contributed by atoms with Crippen LogP contribution in [0, 0.1) is 15.2 Å². The molecule has 88 valence electrons. The van der Waals surface area contributed by atoms with E-state index in [1.807, 2.05) is 0 Å². The largest absolute Gasteiger partial charge is 0.392 e. The summed E-state index contributed by atoms with van der Waals surface area (Å²) in [4.78, 5) is 0. The Bertz CT molecular complexity index is 555. The van der Waals surface area contributed by atoms with Crippen molar-refractivity contribution >= 4 is 22.6 Å². The van der Waals surface area contributed by atoms with Gasteiger partial charge in [0.2, 0.25) is 0 Å². The van der Waals surface area contributed by atoms with E-state index in [1.54, 1.807) is 46.9 Å². The molecule has 0 bridgehead atoms. The van der Waals surface area contributed by atoms with E-state index in [1.165, 1.54) is 12.1 Å². The van der Waals surface area contributed by atoms with Gasteiger partial charge < -0.3 is 5.11 Å². The molecule has 0 aromatic heterocycles. The van der Waals surface area contributed by atoms with Gasteiger partial charge in [-0.2, -0.15) is 0 Å². The summed E-state index contributed by atoms with van der Waals surface area (Å²) < 4.78 is 27.5. The molecule has 2 aromatic rings. The maximum atomic E-state index is 13.8. The number of hydrogen-bond acceptors (Lipinski definition) is 1. The quantitative estimate of drug-likeness (QED) is 0.649. The van der Waals surface area contributed by atoms with Gasteiger partial charge in [-0.15, -0.1) is 0 Å². The molecule has 0 amide bonds. The van der Waals surface area contributed by atoms with Crippen molar-refractivity contribution in [3.05, 3.63) is 57.2 Å². The summed E-state index contributed by atoms with van der Waals surface area (Å²) in [6.07, 6.45) is 0. The van der Waals surface area contributed by atoms with Crippen molar-refractivity contribution in [2.75, 3.05) is 0 Å². The predicted molar refractivity (Wildman–Crippen MR) is 70.4 cm³/mol. The van der Waals surface area contributed by atoms with Crippen LogP contribution in [0.2, 0.25) is 0 Å². The zero-order valence-electron chi connectivity index (χ0n) is 8.75. The molecule has 17 heavy (non-hydrogen) atoms. The second-order valence-corrected chi connectivity index (χ2v) is 4.70. The van der Waals surface area contributed by atoms with Crippen molar-refractivity contribution in [2.45, 2.75) is 6.61 Å². The van der Waals surface area contributed by atoms with Crippen molar-refractivity contribution in [3.8, 4) is 11.1 Å². The first kappa shape index (κ1) is 12.4. The van der Waals surface area contributed by atoms with Crippen LogP contribution in [0.15, 0.2) is 36.4 Å². The lowest BCUT2D eigenvalue weighted by molar-refractivity contribution is 0.282. The van der Waals surface area contributed by atoms with Crippen molar-refractivity contribution in [3.63, 3.8) is 0 Å². The minimum Gasteiger partial charge on any atom is -0.392 e. The smallest absolute Gasteiger partial charge is 0.172 e. The third-order valence-corrected chi connectivity index (χ3v) is 3.35. The lowest BCUT2D eigenvalue weighted by Crippen LogP contribution is -1.96. The molecule has 0 aliphatic carbocycles. The summed E-state index contributed by atoms with van der Waals surface area (Å²) >= 11 is 1.74. The van der Waals surface area contributed by atoms with Crippen molar-refractivity contribution < 1.29 is 13.9 Å². The van der Waals surface area contributed by atoms with Crippen LogP contribution >= 0.6 is 22.6 Å². The Morgan fingerprint density at radius 3 is 2.35 bits per heavy atom. The van der Waals surface area contributed by atoms with Crippen LogP contribution in [0.5, 0.6) is 0 Å². The van der Waals surface area contributed by atoms with E-state index in [-0.39, 0.29) is 15.7 Å². The van der Waals surface area contributed by atoms with Gasteiger partial charge in [0.1, 0.15) is 0 Å². The first-order valence-corrected chi connectivity index (χ1v) is 6.05. The maximum Gasteiger partial charge on any atom is 0.172 e. The van der Waals surface area contributed by atoms with Crippen molar-refractivity contribution in [1.29, 1.82) is 0 Å². The molecular weight excluding hydrogens is 337 g/mol. The lowest BCUT2D eigenvalue weighted by Gasteiger charge is -2.09. The van der Waals surface area contributed by atoms with Crippen LogP contribution in [0.1, 0.15) is 5.56 Å². The SMILES string of the molecule is OCc1ccccc1-c1ccc(I)c(F)c1F. The number of aliphatic hydroxyl groups excluding tert-OH is 1. The van der Waals surface area contributed by atoms with Gasteiger partial charge in [-0.3, -0.25) is 0 Å². The zero-order valence-corrected chi connectivity index (χ0v) is 10.9. The molecule has 0 aliphatic rings. The molecule has 0 fully saturated rings. The highest BCUT2D eigenvalue weighted by atomic mass is 127. The Hall–Kier alpha value is -1.01. The molecule has 0 radical (unpaired) electrons. The Labute approximate surface area is 111 Å². The molecule has 0 saturated carbocycles. The molecule has 0 atom stereocenters. The normalized spacial score (nSPS) is 10.6. The van der Waals surface area contributed by atoms with Crippen LogP contribution in [0.4, 0.5) is 8.78 Å². The van der Waals surface area contributed by atoms with Gasteiger partial charge in [0.05, 0.1) is 10.2 Å². The molecule has 4 heteroatoms. The fourth-order valence-corrected chi connectivity index (χ4v) is 2.07. The second kappa shape index (κ2) is 5.10. The average molecular weight is 346 g/mol. The second-order valence-electron chi connectivity index (χ2n) is 3.54. The van der Waals surface area contributed by atoms with Crippen LogP contribution in [0.3, 0.4) is 0 Å². The molecule has 2 aromatic carbocycles. The van der Waals surface area contributed by atoms with Gasteiger partial charge in [0, 0.05) is 5.56 Å². The van der Waals surface area contributed by atoms with Crippen LogP contribution < -0.4 is 0 Å². The Kier molecular flexibility index (Phi) is 3.73. The molecule has 0 aliphatic heterocycles. The van der Waals surface area contributed by atoms with Gasteiger partial charge in [0.25, 0.3) is 0 Å². The standard InChI is InChI=1S/C13H9F2IO/c14-12-10(5-6-11(16)13(12)15)9-4-2-1-3-8(9)7-17/h1-6,17H,7H2. The summed E-state index contributed by atoms with van der Waals surface area (Å²) in [5.41, 5.74) is 1.27. The summed E-state index contributed by atoms with van der Waals surface area (Å²) in [7, 11) is 0. The van der Waals surface area contributed by atoms with Crippen molar-refractivity contribution in [2.24, 2.45) is 0 Å². The molecule has 0 unspecified atom stereocenters. The van der Waals surface area contributed by atoms with E-state index in [9.17, 15) is 13.9 Å². The molecule has 0 saturated heterocycles. The molecule has 1 nitrogen and oxygen atoms in total. The van der Waals surface area contributed by atoms with Gasteiger partial charge in [-0.1, -0.05) is 30.3 Å². The van der Waals surface area contributed by atoms with Gasteiger partial charge in [0.15, 0.2) is 11.6 Å². The topological polar surface area (TPSA) is 20.2 Å². The zero-order chi connectivity index (χ0) is 12.4. The van der Waals surface area contributed by atoms with E-state index >= 15 is 0 Å². The van der Waals surface area contributed by atoms with Crippen LogP contribution in [-0.2, 0) is 6.61 Å². The summed E-state index contributed by atoms with van der Waals surface area (Å²) in [6.45, 7) is -0.205. The van der Waals surface area contributed by atoms with E-state index in [0.717, 1.165) is 0 Å². The van der Waals surface area contributed by atoms with Gasteiger partial charge in [-0.05, 0) is 39.8 Å². The Balaban J connectivity index is 2.65. The highest BCUT2D eigenvalue weighted by Crippen LogP contribution is 2.29. The Morgan fingerprint density at radius 2 is 1.65 bits per heavy atom. The minimum atomic E-state index is -0.877. The highest BCUT2D eigenvalue weighted by molar-refractivity contribution is 14.1. The summed E-state index contributed by atoms with van der Waals surface area (Å²) in [5.74, 6) is -1.73. The minimum absolute atomic E-state index is 0.174. The van der Waals surface area contributed by atoms with Gasteiger partial charge in [-0.25, -0.2) is 8.78 Å². The monoisotopic (exact) mass is 346 g/mol. The fraction of sp³-hybridized carbons (Fsp3) is 0.0769. The number of halogens is 3. The van der Waals surface area contributed by atoms with Gasteiger partial charge >= 0.3 is 0 Å². The van der Waals surface area contributed by atoms with E-state index < -0.39 is 11.6 Å². The summed E-state index contributed by atoms with van der Waals surface area (Å²) in [6, 6.07) is 9.86. The molecule has 0 spiro atoms. The van der Waals surface area contributed by atoms with Crippen LogP contribution in [0.25, 0.3) is 11.1 Å². The van der Waals surface area contributed by atoms with Crippen molar-refractivity contribution in [1.82, 2.24) is 0 Å². The van der Waals surface area contributed by atoms with E-state index in [0.29, 0.717) is 11.1 Å². The van der Waals surface area contributed by atoms with E-state index in [2.05, 4.69) is 0 Å². The maximum absolute atomic E-state index is 13.8. The Morgan fingerprint density at radius 1 is 0.941 bits per heavy atom. The molecule has 1 N–H and O–H groups in total. The highest BCUT2D eigenvalue weighted by Gasteiger charge is 2.14. The molecule has 2 rings (SSSR count). The number of hydrogen-bond donors (Lipinski definition) is 1. The first-order chi connectivity index (χ1) is 8.15.